The van der Waals surface area contributed by atoms with Crippen LogP contribution in [0.3, 0.4) is 0 Å². The molecule has 0 amide bonds. The van der Waals surface area contributed by atoms with Gasteiger partial charge in [-0.2, -0.15) is 0 Å². The highest BCUT2D eigenvalue weighted by Crippen LogP contribution is 2.27. The van der Waals surface area contributed by atoms with Gasteiger partial charge in [0, 0.05) is 12.1 Å². The molecule has 0 bridgehead atoms. The van der Waals surface area contributed by atoms with Crippen molar-refractivity contribution in [1.82, 2.24) is 0 Å². The number of anilines is 1. The summed E-state index contributed by atoms with van der Waals surface area (Å²) in [6, 6.07) is 5.85. The lowest BCUT2D eigenvalue weighted by molar-refractivity contribution is -0.140. The van der Waals surface area contributed by atoms with Gasteiger partial charge in [0.05, 0.1) is 13.2 Å². The van der Waals surface area contributed by atoms with Crippen molar-refractivity contribution in [2.75, 3.05) is 25.1 Å². The highest BCUT2D eigenvalue weighted by molar-refractivity contribution is 5.75. The van der Waals surface area contributed by atoms with Gasteiger partial charge in [-0.1, -0.05) is 0 Å². The quantitative estimate of drug-likeness (QED) is 0.784. The molecule has 0 fully saturated rings. The van der Waals surface area contributed by atoms with E-state index in [4.69, 9.17) is 9.47 Å². The Morgan fingerprint density at radius 2 is 2.44 bits per heavy atom. The van der Waals surface area contributed by atoms with Crippen LogP contribution in [0, 0.1) is 0 Å². The first kappa shape index (κ1) is 10.8. The molecule has 16 heavy (non-hydrogen) atoms. The van der Waals surface area contributed by atoms with Crippen molar-refractivity contribution in [2.24, 2.45) is 0 Å². The number of benzene rings is 1. The Kier molecular flexibility index (Phi) is 3.29. The Morgan fingerprint density at radius 1 is 1.56 bits per heavy atom. The van der Waals surface area contributed by atoms with Crippen LogP contribution in [0.25, 0.3) is 0 Å². The zero-order valence-corrected chi connectivity index (χ0v) is 9.29. The molecule has 1 N–H and O–H groups in total. The number of carbonyl (C=O) groups excluding carboxylic acids is 1. The molecule has 0 saturated heterocycles. The predicted octanol–water partition coefficient (Wildman–Crippen LogP) is 1.60. The van der Waals surface area contributed by atoms with E-state index in [1.165, 1.54) is 5.56 Å². The molecule has 0 saturated carbocycles. The van der Waals surface area contributed by atoms with Crippen LogP contribution in [0.15, 0.2) is 18.2 Å². The summed E-state index contributed by atoms with van der Waals surface area (Å²) >= 11 is 0. The first-order valence-electron chi connectivity index (χ1n) is 5.45. The normalized spacial score (nSPS) is 12.8. The number of ether oxygens (including phenoxy) is 2. The van der Waals surface area contributed by atoms with Crippen LogP contribution in [0.1, 0.15) is 12.5 Å². The topological polar surface area (TPSA) is 47.6 Å². The number of fused-ring (bicyclic) bond motifs is 1. The number of rotatable bonds is 4. The molecule has 0 unspecified atom stereocenters. The van der Waals surface area contributed by atoms with E-state index < -0.39 is 0 Å². The summed E-state index contributed by atoms with van der Waals surface area (Å²) in [6.07, 6.45) is 0.935. The summed E-state index contributed by atoms with van der Waals surface area (Å²) in [5.41, 5.74) is 2.12. The fraction of sp³-hybridized carbons (Fsp3) is 0.417. The van der Waals surface area contributed by atoms with Crippen molar-refractivity contribution in [3.8, 4) is 5.75 Å². The standard InChI is InChI=1S/C12H15NO3/c1-2-15-12(14)8-13-10-3-4-11-9(7-10)5-6-16-11/h3-4,7,13H,2,5-6,8H2,1H3. The number of hydrogen-bond acceptors (Lipinski definition) is 4. The molecule has 86 valence electrons. The van der Waals surface area contributed by atoms with Crippen molar-refractivity contribution in [1.29, 1.82) is 0 Å². The third-order valence-electron chi connectivity index (χ3n) is 2.43. The maximum absolute atomic E-state index is 11.1. The monoisotopic (exact) mass is 221 g/mol. The average Bonchev–Trinajstić information content (AvgIpc) is 2.74. The zero-order valence-electron chi connectivity index (χ0n) is 9.29. The molecule has 2 rings (SSSR count). The Bertz CT molecular complexity index is 390. The van der Waals surface area contributed by atoms with Gasteiger partial charge >= 0.3 is 5.97 Å². The predicted molar refractivity (Wildman–Crippen MR) is 60.8 cm³/mol. The maximum Gasteiger partial charge on any atom is 0.325 e. The molecule has 1 aromatic rings. The molecule has 0 atom stereocenters. The van der Waals surface area contributed by atoms with Gasteiger partial charge in [-0.25, -0.2) is 0 Å². The van der Waals surface area contributed by atoms with Gasteiger partial charge in [-0.3, -0.25) is 4.79 Å². The van der Waals surface area contributed by atoms with Crippen LogP contribution in [-0.2, 0) is 16.0 Å². The first-order chi connectivity index (χ1) is 7.79. The van der Waals surface area contributed by atoms with Crippen molar-refractivity contribution in [2.45, 2.75) is 13.3 Å². The summed E-state index contributed by atoms with van der Waals surface area (Å²) in [5.74, 6) is 0.709. The van der Waals surface area contributed by atoms with Crippen LogP contribution >= 0.6 is 0 Å². The maximum atomic E-state index is 11.1. The van der Waals surface area contributed by atoms with Gasteiger partial charge < -0.3 is 14.8 Å². The molecule has 0 spiro atoms. The number of esters is 1. The van der Waals surface area contributed by atoms with Gasteiger partial charge in [0.15, 0.2) is 0 Å². The molecule has 1 heterocycles. The van der Waals surface area contributed by atoms with Gasteiger partial charge in [0.25, 0.3) is 0 Å². The molecular weight excluding hydrogens is 206 g/mol. The second-order valence-corrected chi connectivity index (χ2v) is 3.58. The molecule has 1 aromatic carbocycles. The average molecular weight is 221 g/mol. The van der Waals surface area contributed by atoms with Crippen LogP contribution in [-0.4, -0.2) is 25.7 Å². The molecule has 0 aromatic heterocycles. The molecule has 1 aliphatic heterocycles. The lowest BCUT2D eigenvalue weighted by atomic mass is 10.1. The fourth-order valence-corrected chi connectivity index (χ4v) is 1.68. The summed E-state index contributed by atoms with van der Waals surface area (Å²) in [5, 5.41) is 3.03. The third kappa shape index (κ3) is 2.45. The minimum Gasteiger partial charge on any atom is -0.493 e. The van der Waals surface area contributed by atoms with Crippen LogP contribution in [0.2, 0.25) is 0 Å². The van der Waals surface area contributed by atoms with Crippen molar-refractivity contribution in [3.63, 3.8) is 0 Å². The molecular formula is C12H15NO3. The van der Waals surface area contributed by atoms with E-state index in [0.29, 0.717) is 6.61 Å². The van der Waals surface area contributed by atoms with Gasteiger partial charge in [-0.15, -0.1) is 0 Å². The van der Waals surface area contributed by atoms with E-state index in [2.05, 4.69) is 5.32 Å². The van der Waals surface area contributed by atoms with Crippen LogP contribution in [0.4, 0.5) is 5.69 Å². The van der Waals surface area contributed by atoms with E-state index >= 15 is 0 Å². The molecule has 4 nitrogen and oxygen atoms in total. The summed E-state index contributed by atoms with van der Waals surface area (Å²) in [6.45, 7) is 3.16. The smallest absolute Gasteiger partial charge is 0.325 e. The van der Waals surface area contributed by atoms with Crippen LogP contribution in [0.5, 0.6) is 5.75 Å². The highest BCUT2D eigenvalue weighted by Gasteiger charge is 2.12. The van der Waals surface area contributed by atoms with Crippen LogP contribution < -0.4 is 10.1 Å². The Balaban J connectivity index is 1.93. The molecule has 4 heteroatoms. The molecule has 0 aliphatic carbocycles. The third-order valence-corrected chi connectivity index (χ3v) is 2.43. The Hall–Kier alpha value is -1.71. The Labute approximate surface area is 94.6 Å². The Morgan fingerprint density at radius 3 is 3.25 bits per heavy atom. The molecule has 1 aliphatic rings. The largest absolute Gasteiger partial charge is 0.493 e. The number of hydrogen-bond donors (Lipinski definition) is 1. The SMILES string of the molecule is CCOC(=O)CNc1ccc2c(c1)CCO2. The van der Waals surface area contributed by atoms with Gasteiger partial charge in [0.2, 0.25) is 0 Å². The summed E-state index contributed by atoms with van der Waals surface area (Å²) in [4.78, 5) is 11.1. The van der Waals surface area contributed by atoms with Crippen molar-refractivity contribution < 1.29 is 14.3 Å². The van der Waals surface area contributed by atoms with E-state index in [1.807, 2.05) is 18.2 Å². The summed E-state index contributed by atoms with van der Waals surface area (Å²) in [7, 11) is 0. The number of nitrogens with one attached hydrogen (secondary N) is 1. The van der Waals surface area contributed by atoms with E-state index in [9.17, 15) is 4.79 Å². The second kappa shape index (κ2) is 4.88. The van der Waals surface area contributed by atoms with E-state index in [0.717, 1.165) is 24.5 Å². The van der Waals surface area contributed by atoms with Gasteiger partial charge in [0.1, 0.15) is 12.3 Å². The molecule has 0 radical (unpaired) electrons. The fourth-order valence-electron chi connectivity index (χ4n) is 1.68. The minimum atomic E-state index is -0.237. The van der Waals surface area contributed by atoms with Crippen molar-refractivity contribution >= 4 is 11.7 Å². The zero-order chi connectivity index (χ0) is 11.4. The first-order valence-corrected chi connectivity index (χ1v) is 5.45. The van der Waals surface area contributed by atoms with Crippen molar-refractivity contribution in [3.05, 3.63) is 23.8 Å². The highest BCUT2D eigenvalue weighted by atomic mass is 16.5. The second-order valence-electron chi connectivity index (χ2n) is 3.58. The minimum absolute atomic E-state index is 0.202. The number of carbonyl (C=O) groups is 1. The van der Waals surface area contributed by atoms with E-state index in [-0.39, 0.29) is 12.5 Å². The lowest BCUT2D eigenvalue weighted by Gasteiger charge is -2.07. The summed E-state index contributed by atoms with van der Waals surface area (Å²) < 4.78 is 10.2. The van der Waals surface area contributed by atoms with E-state index in [1.54, 1.807) is 6.92 Å². The lowest BCUT2D eigenvalue weighted by Crippen LogP contribution is -2.16. The van der Waals surface area contributed by atoms with Gasteiger partial charge in [-0.05, 0) is 30.7 Å².